The van der Waals surface area contributed by atoms with Gasteiger partial charge >= 0.3 is 0 Å². The van der Waals surface area contributed by atoms with Gasteiger partial charge in [-0.15, -0.1) is 0 Å². The normalized spacial score (nSPS) is 19.4. The minimum Gasteiger partial charge on any atom is -0.441 e. The summed E-state index contributed by atoms with van der Waals surface area (Å²) in [6.45, 7) is 0. The molecule has 1 aromatic heterocycles. The van der Waals surface area contributed by atoms with Crippen LogP contribution in [0.1, 0.15) is 17.0 Å². The molecule has 0 fully saturated rings. The van der Waals surface area contributed by atoms with Gasteiger partial charge in [0.1, 0.15) is 17.5 Å². The number of hydrogen-bond donors (Lipinski definition) is 1. The lowest BCUT2D eigenvalue weighted by molar-refractivity contribution is 0.455. The number of nitrogens with zero attached hydrogens (tertiary/aromatic N) is 2. The molecule has 124 valence electrons. The fraction of sp³-hybridized carbons (Fsp3) is 0.158. The number of hydrogen-bond acceptors (Lipinski definition) is 3. The van der Waals surface area contributed by atoms with Crippen molar-refractivity contribution in [3.8, 4) is 11.8 Å². The van der Waals surface area contributed by atoms with Crippen molar-refractivity contribution in [2.24, 2.45) is 13.0 Å². The van der Waals surface area contributed by atoms with Crippen molar-refractivity contribution < 1.29 is 9.13 Å². The number of benzene rings is 2. The fourth-order valence-electron chi connectivity index (χ4n) is 3.42. The number of aryl methyl sites for hydroxylation is 1. The zero-order valence-electron chi connectivity index (χ0n) is 13.3. The molecule has 4 rings (SSSR count). The molecule has 4 nitrogen and oxygen atoms in total. The van der Waals surface area contributed by atoms with Crippen LogP contribution >= 0.6 is 15.9 Å². The van der Waals surface area contributed by atoms with Crippen molar-refractivity contribution in [3.05, 3.63) is 64.0 Å². The van der Waals surface area contributed by atoms with Crippen LogP contribution in [-0.2, 0) is 7.05 Å². The molecule has 1 aliphatic rings. The number of nitrogens with one attached hydrogen (secondary N) is 1. The predicted molar refractivity (Wildman–Crippen MR) is 96.3 cm³/mol. The van der Waals surface area contributed by atoms with Crippen LogP contribution in [0.5, 0.6) is 5.75 Å². The van der Waals surface area contributed by atoms with Crippen LogP contribution in [0.4, 0.5) is 4.39 Å². The molecule has 0 amide bonds. The van der Waals surface area contributed by atoms with Gasteiger partial charge in [-0.05, 0) is 45.8 Å². The standard InChI is InChI=1S/C19H13BrFN3O/c1-24-7-6-11-16(24)5-3-12-17(10-2-4-15(21)14(20)8-10)13(9-22)19(23)25-18(11)12/h2-8,13,17,23H,1H3. The Hall–Kier alpha value is -2.65. The van der Waals surface area contributed by atoms with E-state index in [1.807, 2.05) is 36.0 Å². The first kappa shape index (κ1) is 15.9. The Morgan fingerprint density at radius 2 is 2.08 bits per heavy atom. The maximum absolute atomic E-state index is 13.6. The molecule has 2 atom stereocenters. The van der Waals surface area contributed by atoms with E-state index >= 15 is 0 Å². The van der Waals surface area contributed by atoms with Crippen LogP contribution in [0, 0.1) is 28.5 Å². The summed E-state index contributed by atoms with van der Waals surface area (Å²) in [5.74, 6) is -0.997. The van der Waals surface area contributed by atoms with E-state index in [1.165, 1.54) is 6.07 Å². The van der Waals surface area contributed by atoms with E-state index in [-0.39, 0.29) is 17.6 Å². The van der Waals surface area contributed by atoms with Gasteiger partial charge in [-0.25, -0.2) is 4.39 Å². The van der Waals surface area contributed by atoms with E-state index in [9.17, 15) is 9.65 Å². The Morgan fingerprint density at radius 3 is 2.80 bits per heavy atom. The topological polar surface area (TPSA) is 61.8 Å². The third-order valence-electron chi connectivity index (χ3n) is 4.65. The molecule has 2 aromatic carbocycles. The largest absolute Gasteiger partial charge is 0.441 e. The van der Waals surface area contributed by atoms with Crippen LogP contribution < -0.4 is 4.74 Å². The van der Waals surface area contributed by atoms with Gasteiger partial charge in [0.2, 0.25) is 5.90 Å². The van der Waals surface area contributed by atoms with Gasteiger partial charge < -0.3 is 9.30 Å². The van der Waals surface area contributed by atoms with Crippen LogP contribution in [0.15, 0.2) is 47.1 Å². The number of rotatable bonds is 1. The highest BCUT2D eigenvalue weighted by Gasteiger charge is 2.38. The zero-order chi connectivity index (χ0) is 17.7. The Morgan fingerprint density at radius 1 is 1.28 bits per heavy atom. The Kier molecular flexibility index (Phi) is 3.62. The highest BCUT2D eigenvalue weighted by Crippen LogP contribution is 2.45. The van der Waals surface area contributed by atoms with Crippen molar-refractivity contribution in [3.63, 3.8) is 0 Å². The summed E-state index contributed by atoms with van der Waals surface area (Å²) in [6.07, 6.45) is 1.93. The second-order valence-corrected chi connectivity index (χ2v) is 6.92. The van der Waals surface area contributed by atoms with E-state index in [2.05, 4.69) is 22.0 Å². The molecule has 2 unspecified atom stereocenters. The molecule has 25 heavy (non-hydrogen) atoms. The second-order valence-electron chi connectivity index (χ2n) is 6.07. The van der Waals surface area contributed by atoms with Crippen LogP contribution in [0.25, 0.3) is 10.9 Å². The molecule has 0 saturated heterocycles. The molecule has 3 aromatic rings. The fourth-order valence-corrected chi connectivity index (χ4v) is 3.81. The molecule has 0 saturated carbocycles. The number of nitriles is 1. The summed E-state index contributed by atoms with van der Waals surface area (Å²) >= 11 is 3.21. The average Bonchev–Trinajstić information content (AvgIpc) is 2.98. The summed E-state index contributed by atoms with van der Waals surface area (Å²) in [5, 5.41) is 18.7. The first-order chi connectivity index (χ1) is 12.0. The highest BCUT2D eigenvalue weighted by molar-refractivity contribution is 9.10. The quantitative estimate of drug-likeness (QED) is 0.645. The third kappa shape index (κ3) is 2.35. The van der Waals surface area contributed by atoms with Crippen molar-refractivity contribution in [2.45, 2.75) is 5.92 Å². The minimum atomic E-state index is -0.758. The van der Waals surface area contributed by atoms with Gasteiger partial charge in [-0.3, -0.25) is 5.41 Å². The molecule has 2 heterocycles. The summed E-state index contributed by atoms with van der Waals surface area (Å²) in [4.78, 5) is 0. The van der Waals surface area contributed by atoms with Crippen molar-refractivity contribution >= 4 is 32.7 Å². The van der Waals surface area contributed by atoms with Gasteiger partial charge in [0.05, 0.1) is 16.1 Å². The molecule has 0 spiro atoms. The minimum absolute atomic E-state index is 0.0863. The lowest BCUT2D eigenvalue weighted by Crippen LogP contribution is -2.31. The average molecular weight is 398 g/mol. The summed E-state index contributed by atoms with van der Waals surface area (Å²) in [6, 6.07) is 12.7. The maximum Gasteiger partial charge on any atom is 0.205 e. The number of halogens is 2. The summed E-state index contributed by atoms with van der Waals surface area (Å²) < 4.78 is 21.7. The predicted octanol–water partition coefficient (Wildman–Crippen LogP) is 4.72. The molecule has 0 aliphatic carbocycles. The van der Waals surface area contributed by atoms with Gasteiger partial charge in [-0.2, -0.15) is 5.26 Å². The lowest BCUT2D eigenvalue weighted by atomic mass is 9.78. The van der Waals surface area contributed by atoms with Gasteiger partial charge in [0.15, 0.2) is 0 Å². The van der Waals surface area contributed by atoms with E-state index in [4.69, 9.17) is 10.1 Å². The van der Waals surface area contributed by atoms with Crippen molar-refractivity contribution in [1.82, 2.24) is 4.57 Å². The monoisotopic (exact) mass is 397 g/mol. The highest BCUT2D eigenvalue weighted by atomic mass is 79.9. The molecular formula is C19H13BrFN3O. The maximum atomic E-state index is 13.6. The number of aromatic nitrogens is 1. The molecule has 1 N–H and O–H groups in total. The molecular weight excluding hydrogens is 385 g/mol. The van der Waals surface area contributed by atoms with Gasteiger partial charge in [-0.1, -0.05) is 12.1 Å². The number of fused-ring (bicyclic) bond motifs is 3. The Labute approximate surface area is 152 Å². The second kappa shape index (κ2) is 5.71. The molecule has 1 aliphatic heterocycles. The van der Waals surface area contributed by atoms with Crippen molar-refractivity contribution in [1.29, 1.82) is 10.7 Å². The van der Waals surface area contributed by atoms with E-state index in [0.29, 0.717) is 10.2 Å². The van der Waals surface area contributed by atoms with Gasteiger partial charge in [0.25, 0.3) is 0 Å². The van der Waals surface area contributed by atoms with E-state index in [1.54, 1.807) is 12.1 Å². The van der Waals surface area contributed by atoms with Crippen LogP contribution in [0.2, 0.25) is 0 Å². The number of ether oxygens (including phenoxy) is 1. The molecule has 0 bridgehead atoms. The lowest BCUT2D eigenvalue weighted by Gasteiger charge is -2.31. The first-order valence-corrected chi connectivity index (χ1v) is 8.49. The Bertz CT molecular complexity index is 1070. The van der Waals surface area contributed by atoms with E-state index in [0.717, 1.165) is 22.0 Å². The third-order valence-corrected chi connectivity index (χ3v) is 5.26. The van der Waals surface area contributed by atoms with Crippen LogP contribution in [-0.4, -0.2) is 10.5 Å². The van der Waals surface area contributed by atoms with E-state index < -0.39 is 5.92 Å². The first-order valence-electron chi connectivity index (χ1n) is 7.70. The van der Waals surface area contributed by atoms with Crippen molar-refractivity contribution in [2.75, 3.05) is 0 Å². The van der Waals surface area contributed by atoms with Gasteiger partial charge in [0, 0.05) is 30.1 Å². The zero-order valence-corrected chi connectivity index (χ0v) is 14.8. The SMILES string of the molecule is Cn1ccc2c3c(ccc21)C(c1ccc(F)c(Br)c1)C(C#N)C(=N)O3. The molecule has 6 heteroatoms. The summed E-state index contributed by atoms with van der Waals surface area (Å²) in [7, 11) is 1.94. The smallest absolute Gasteiger partial charge is 0.205 e. The molecule has 0 radical (unpaired) electrons. The van der Waals surface area contributed by atoms with Crippen LogP contribution in [0.3, 0.4) is 0 Å². The summed E-state index contributed by atoms with van der Waals surface area (Å²) in [5.41, 5.74) is 2.59. The Balaban J connectivity index is 1.99.